The van der Waals surface area contributed by atoms with Gasteiger partial charge in [-0.15, -0.1) is 0 Å². The first-order valence-corrected chi connectivity index (χ1v) is 11.0. The van der Waals surface area contributed by atoms with E-state index in [2.05, 4.69) is 25.6 Å². The Balaban J connectivity index is 2.51. The molecule has 10 heteroatoms. The second-order valence-corrected chi connectivity index (χ2v) is 8.81. The summed E-state index contributed by atoms with van der Waals surface area (Å²) in [6.45, 7) is 7.78. The predicted octanol–water partition coefficient (Wildman–Crippen LogP) is 5.87. The molecule has 0 atom stereocenters. The summed E-state index contributed by atoms with van der Waals surface area (Å²) in [6.07, 6.45) is 2.42. The number of nitrogens with zero attached hydrogens (tertiary/aromatic N) is 3. The number of hydrogen-bond donors (Lipinski definition) is 3. The lowest BCUT2D eigenvalue weighted by molar-refractivity contribution is 0.0127. The van der Waals surface area contributed by atoms with E-state index in [1.165, 1.54) is 24.3 Å². The van der Waals surface area contributed by atoms with Gasteiger partial charge in [-0.1, -0.05) is 24.6 Å². The van der Waals surface area contributed by atoms with Crippen LogP contribution < -0.4 is 10.6 Å². The van der Waals surface area contributed by atoms with Crippen molar-refractivity contribution in [3.05, 3.63) is 70.5 Å². The van der Waals surface area contributed by atoms with Crippen LogP contribution in [-0.4, -0.2) is 33.9 Å². The Hall–Kier alpha value is -2.91. The highest BCUT2D eigenvalue weighted by Crippen LogP contribution is 2.25. The lowest BCUT2D eigenvalue weighted by atomic mass is 10.1. The lowest BCUT2D eigenvalue weighted by Crippen LogP contribution is -2.34. The molecule has 0 spiro atoms. The van der Waals surface area contributed by atoms with Crippen molar-refractivity contribution in [2.45, 2.75) is 52.6 Å². The number of hydrogen-bond acceptors (Lipinski definition) is 4. The molecule has 0 radical (unpaired) electrons. The number of aromatic nitrogens is 1. The van der Waals surface area contributed by atoms with Gasteiger partial charge in [0.05, 0.1) is 17.0 Å². The Bertz CT molecular complexity index is 1070. The van der Waals surface area contributed by atoms with Crippen LogP contribution in [-0.2, 0) is 5.92 Å². The molecule has 0 aliphatic carbocycles. The topological polar surface area (TPSA) is 81.9 Å². The molecular formula is C24H29ClF3N5O. The van der Waals surface area contributed by atoms with Crippen LogP contribution in [0.1, 0.15) is 52.4 Å². The number of pyridine rings is 1. The molecule has 0 aliphatic heterocycles. The summed E-state index contributed by atoms with van der Waals surface area (Å²) in [4.78, 5) is 12.9. The molecule has 3 N–H and O–H groups in total. The fourth-order valence-corrected chi connectivity index (χ4v) is 2.93. The Morgan fingerprint density at radius 3 is 2.47 bits per heavy atom. The summed E-state index contributed by atoms with van der Waals surface area (Å²) in [5.41, 5.74) is -0.558. The van der Waals surface area contributed by atoms with E-state index in [9.17, 15) is 18.3 Å². The monoisotopic (exact) mass is 495 g/mol. The quantitative estimate of drug-likeness (QED) is 0.316. The number of aliphatic imine (C=N–C) groups is 2. The molecule has 1 aromatic carbocycles. The van der Waals surface area contributed by atoms with Crippen LogP contribution in [0.3, 0.4) is 0 Å². The molecule has 0 aliphatic rings. The first-order chi connectivity index (χ1) is 15.8. The maximum absolute atomic E-state index is 13.9. The van der Waals surface area contributed by atoms with Crippen molar-refractivity contribution in [2.75, 3.05) is 11.9 Å². The summed E-state index contributed by atoms with van der Waals surface area (Å²) in [7, 11) is 0. The van der Waals surface area contributed by atoms with E-state index in [0.717, 1.165) is 13.0 Å². The van der Waals surface area contributed by atoms with Crippen molar-refractivity contribution in [3.8, 4) is 0 Å². The highest BCUT2D eigenvalue weighted by atomic mass is 35.5. The molecule has 0 fully saturated rings. The Morgan fingerprint density at radius 1 is 1.18 bits per heavy atom. The van der Waals surface area contributed by atoms with Crippen molar-refractivity contribution in [3.63, 3.8) is 0 Å². The van der Waals surface area contributed by atoms with Crippen LogP contribution in [0, 0.1) is 5.82 Å². The highest BCUT2D eigenvalue weighted by Gasteiger charge is 2.26. The van der Waals surface area contributed by atoms with Gasteiger partial charge in [0.25, 0.3) is 5.92 Å². The highest BCUT2D eigenvalue weighted by molar-refractivity contribution is 6.31. The van der Waals surface area contributed by atoms with Gasteiger partial charge >= 0.3 is 0 Å². The fraction of sp³-hybridized carbons (Fsp3) is 0.375. The molecule has 1 aromatic heterocycles. The maximum atomic E-state index is 13.9. The van der Waals surface area contributed by atoms with Crippen LogP contribution >= 0.6 is 11.6 Å². The van der Waals surface area contributed by atoms with Gasteiger partial charge < -0.3 is 15.7 Å². The van der Waals surface area contributed by atoms with Gasteiger partial charge in [-0.3, -0.25) is 0 Å². The van der Waals surface area contributed by atoms with Gasteiger partial charge in [0.2, 0.25) is 5.96 Å². The Labute approximate surface area is 202 Å². The SMILES string of the molecule is CC/C=C(/N=C(N=C(C)c1cccc(C(C)(F)F)n1)Nc1cc(F)cc(Cl)c1)NCC(C)(C)O. The van der Waals surface area contributed by atoms with Gasteiger partial charge in [0.15, 0.2) is 0 Å². The molecule has 2 aromatic rings. The second kappa shape index (κ2) is 11.5. The van der Waals surface area contributed by atoms with E-state index in [0.29, 0.717) is 23.6 Å². The zero-order valence-corrected chi connectivity index (χ0v) is 20.5. The van der Waals surface area contributed by atoms with Crippen LogP contribution in [0.2, 0.25) is 5.02 Å². The van der Waals surface area contributed by atoms with Crippen molar-refractivity contribution in [1.29, 1.82) is 0 Å². The molecule has 0 bridgehead atoms. The minimum atomic E-state index is -3.11. The number of alkyl halides is 2. The van der Waals surface area contributed by atoms with Gasteiger partial charge in [0, 0.05) is 24.2 Å². The molecule has 0 unspecified atom stereocenters. The number of benzene rings is 1. The second-order valence-electron chi connectivity index (χ2n) is 8.38. The molecule has 1 heterocycles. The number of halogens is 4. The number of guanidine groups is 1. The Morgan fingerprint density at radius 2 is 1.88 bits per heavy atom. The summed E-state index contributed by atoms with van der Waals surface area (Å²) in [5.74, 6) is -3.22. The first kappa shape index (κ1) is 27.3. The van der Waals surface area contributed by atoms with Crippen molar-refractivity contribution >= 4 is 29.0 Å². The molecule has 0 saturated heterocycles. The number of allylic oxidation sites excluding steroid dienone is 1. The number of anilines is 1. The van der Waals surface area contributed by atoms with Crippen LogP contribution in [0.15, 0.2) is 58.3 Å². The fourth-order valence-electron chi connectivity index (χ4n) is 2.70. The number of rotatable bonds is 8. The van der Waals surface area contributed by atoms with Gasteiger partial charge in [-0.25, -0.2) is 14.4 Å². The smallest absolute Gasteiger partial charge is 0.286 e. The summed E-state index contributed by atoms with van der Waals surface area (Å²) in [6, 6.07) is 8.14. The van der Waals surface area contributed by atoms with E-state index >= 15 is 0 Å². The van der Waals surface area contributed by atoms with Gasteiger partial charge in [0.1, 0.15) is 17.3 Å². The van der Waals surface area contributed by atoms with Crippen molar-refractivity contribution in [2.24, 2.45) is 9.98 Å². The zero-order valence-electron chi connectivity index (χ0n) is 19.8. The lowest BCUT2D eigenvalue weighted by Gasteiger charge is -2.19. The van der Waals surface area contributed by atoms with Crippen LogP contribution in [0.4, 0.5) is 18.9 Å². The molecule has 6 nitrogen and oxygen atoms in total. The minimum absolute atomic E-state index is 0.0394. The minimum Gasteiger partial charge on any atom is -0.389 e. The van der Waals surface area contributed by atoms with E-state index in [-0.39, 0.29) is 28.9 Å². The normalized spacial score (nSPS) is 13.8. The molecule has 2 rings (SSSR count). The third-order valence-corrected chi connectivity index (χ3v) is 4.51. The van der Waals surface area contributed by atoms with E-state index in [1.807, 2.05) is 6.92 Å². The average molecular weight is 496 g/mol. The van der Waals surface area contributed by atoms with E-state index in [4.69, 9.17) is 11.6 Å². The van der Waals surface area contributed by atoms with E-state index < -0.39 is 17.3 Å². The van der Waals surface area contributed by atoms with Gasteiger partial charge in [-0.05, 0) is 63.6 Å². The first-order valence-electron chi connectivity index (χ1n) is 10.7. The van der Waals surface area contributed by atoms with Crippen LogP contribution in [0.5, 0.6) is 0 Å². The zero-order chi connectivity index (χ0) is 25.5. The predicted molar refractivity (Wildman–Crippen MR) is 131 cm³/mol. The third kappa shape index (κ3) is 9.15. The molecule has 184 valence electrons. The number of aliphatic hydroxyl groups is 1. The van der Waals surface area contributed by atoms with Crippen molar-refractivity contribution in [1.82, 2.24) is 10.3 Å². The maximum Gasteiger partial charge on any atom is 0.286 e. The van der Waals surface area contributed by atoms with Gasteiger partial charge in [-0.2, -0.15) is 13.8 Å². The standard InChI is InChI=1S/C24H29ClF3N5O/c1-6-8-21(29-14-23(3,4)34)33-22(31-18-12-16(25)11-17(26)13-18)30-15(2)19-9-7-10-20(32-19)24(5,27)28/h7-13,29,34H,6,14H2,1-5H3,(H,31,33)/b21-8+,30-15?. The van der Waals surface area contributed by atoms with Crippen molar-refractivity contribution < 1.29 is 18.3 Å². The molecule has 34 heavy (non-hydrogen) atoms. The molecule has 0 amide bonds. The molecule has 0 saturated carbocycles. The molecular weight excluding hydrogens is 467 g/mol. The summed E-state index contributed by atoms with van der Waals surface area (Å²) < 4.78 is 41.3. The summed E-state index contributed by atoms with van der Waals surface area (Å²) >= 11 is 5.96. The Kier molecular flexibility index (Phi) is 9.23. The average Bonchev–Trinajstić information content (AvgIpc) is 2.70. The summed E-state index contributed by atoms with van der Waals surface area (Å²) in [5, 5.41) is 16.2. The third-order valence-electron chi connectivity index (χ3n) is 4.29. The number of nitrogens with one attached hydrogen (secondary N) is 2. The van der Waals surface area contributed by atoms with E-state index in [1.54, 1.807) is 32.9 Å². The largest absolute Gasteiger partial charge is 0.389 e. The van der Waals surface area contributed by atoms with Crippen LogP contribution in [0.25, 0.3) is 0 Å².